The van der Waals surface area contributed by atoms with Gasteiger partial charge in [-0.2, -0.15) is 0 Å². The third-order valence-electron chi connectivity index (χ3n) is 3.68. The Morgan fingerprint density at radius 2 is 1.80 bits per heavy atom. The monoisotopic (exact) mass is 336 g/mol. The molecule has 0 atom stereocenters. The van der Waals surface area contributed by atoms with Gasteiger partial charge in [-0.05, 0) is 62.6 Å². The Morgan fingerprint density at radius 3 is 2.48 bits per heavy atom. The number of carbonyl (C=O) groups excluding carboxylic acids is 1. The lowest BCUT2D eigenvalue weighted by Gasteiger charge is -2.01. The Hall–Kier alpha value is -3.02. The van der Waals surface area contributed by atoms with Crippen LogP contribution in [0.25, 0.3) is 5.65 Å². The highest BCUT2D eigenvalue weighted by atomic mass is 16.5. The predicted molar refractivity (Wildman–Crippen MR) is 96.0 cm³/mol. The number of nitrogens with zero attached hydrogens (tertiary/aromatic N) is 4. The van der Waals surface area contributed by atoms with E-state index in [0.29, 0.717) is 11.5 Å². The van der Waals surface area contributed by atoms with E-state index in [0.717, 1.165) is 22.4 Å². The number of ether oxygens (including phenoxy) is 1. The molecule has 0 aliphatic rings. The molecule has 0 aliphatic heterocycles. The van der Waals surface area contributed by atoms with Crippen LogP contribution in [0.15, 0.2) is 46.8 Å². The molecule has 1 aromatic carbocycles. The number of fused-ring (bicyclic) bond motifs is 1. The van der Waals surface area contributed by atoms with E-state index in [2.05, 4.69) is 21.3 Å². The van der Waals surface area contributed by atoms with Crippen molar-refractivity contribution in [2.45, 2.75) is 27.7 Å². The van der Waals surface area contributed by atoms with Gasteiger partial charge < -0.3 is 4.74 Å². The lowest BCUT2D eigenvalue weighted by molar-refractivity contribution is 0.0521. The maximum atomic E-state index is 12.2. The van der Waals surface area contributed by atoms with Crippen molar-refractivity contribution in [3.05, 3.63) is 58.9 Å². The van der Waals surface area contributed by atoms with Gasteiger partial charge in [0.1, 0.15) is 5.65 Å². The van der Waals surface area contributed by atoms with Crippen molar-refractivity contribution >= 4 is 23.1 Å². The molecule has 0 amide bonds. The maximum Gasteiger partial charge on any atom is 0.360 e. The standard InChI is InChI=1S/C19H20N4O2/c1-5-25-19(24)17-18(23-11-12(2)6-7-16(23)20-17)22-21-15-9-13(3)8-14(4)10-15/h6-11H,5H2,1-4H3. The zero-order valence-electron chi connectivity index (χ0n) is 14.8. The number of benzene rings is 1. The molecule has 0 unspecified atom stereocenters. The zero-order chi connectivity index (χ0) is 18.0. The van der Waals surface area contributed by atoms with Gasteiger partial charge in [0.15, 0.2) is 11.5 Å². The van der Waals surface area contributed by atoms with E-state index in [1.165, 1.54) is 0 Å². The van der Waals surface area contributed by atoms with Crippen molar-refractivity contribution in [2.75, 3.05) is 6.61 Å². The summed E-state index contributed by atoms with van der Waals surface area (Å²) < 4.78 is 6.86. The van der Waals surface area contributed by atoms with E-state index in [1.807, 2.05) is 51.2 Å². The molecule has 0 aliphatic carbocycles. The number of imidazole rings is 1. The van der Waals surface area contributed by atoms with Crippen LogP contribution in [0.4, 0.5) is 11.5 Å². The fraction of sp³-hybridized carbons (Fsp3) is 0.263. The van der Waals surface area contributed by atoms with Crippen LogP contribution in [0.2, 0.25) is 0 Å². The molecule has 0 spiro atoms. The van der Waals surface area contributed by atoms with Crippen LogP contribution in [0.3, 0.4) is 0 Å². The van der Waals surface area contributed by atoms with Gasteiger partial charge in [-0.3, -0.25) is 4.40 Å². The Kier molecular flexibility index (Phi) is 4.61. The summed E-state index contributed by atoms with van der Waals surface area (Å²) in [6, 6.07) is 9.72. The van der Waals surface area contributed by atoms with Crippen LogP contribution >= 0.6 is 0 Å². The molecular weight excluding hydrogens is 316 g/mol. The van der Waals surface area contributed by atoms with Crippen molar-refractivity contribution in [1.82, 2.24) is 9.38 Å². The summed E-state index contributed by atoms with van der Waals surface area (Å²) in [5, 5.41) is 8.63. The van der Waals surface area contributed by atoms with Crippen LogP contribution in [-0.2, 0) is 4.74 Å². The fourth-order valence-corrected chi connectivity index (χ4v) is 2.68. The number of aromatic nitrogens is 2. The van der Waals surface area contributed by atoms with Crippen LogP contribution in [0.1, 0.15) is 34.1 Å². The van der Waals surface area contributed by atoms with Crippen molar-refractivity contribution in [3.8, 4) is 0 Å². The van der Waals surface area contributed by atoms with Gasteiger partial charge in [0.05, 0.1) is 12.3 Å². The summed E-state index contributed by atoms with van der Waals surface area (Å²) in [5.41, 5.74) is 4.77. The first-order valence-corrected chi connectivity index (χ1v) is 8.14. The smallest absolute Gasteiger partial charge is 0.360 e. The summed E-state index contributed by atoms with van der Waals surface area (Å²) in [6.07, 6.45) is 1.88. The summed E-state index contributed by atoms with van der Waals surface area (Å²) in [4.78, 5) is 16.6. The highest BCUT2D eigenvalue weighted by molar-refractivity contribution is 5.93. The summed E-state index contributed by atoms with van der Waals surface area (Å²) in [5.74, 6) is -0.130. The van der Waals surface area contributed by atoms with Crippen LogP contribution in [-0.4, -0.2) is 22.0 Å². The topological polar surface area (TPSA) is 68.3 Å². The summed E-state index contributed by atoms with van der Waals surface area (Å²) in [6.45, 7) is 8.02. The minimum absolute atomic E-state index is 0.167. The molecule has 3 aromatic rings. The Bertz CT molecular complexity index is 953. The molecule has 0 radical (unpaired) electrons. The lowest BCUT2D eigenvalue weighted by atomic mass is 10.1. The first-order valence-electron chi connectivity index (χ1n) is 8.14. The number of aryl methyl sites for hydroxylation is 3. The highest BCUT2D eigenvalue weighted by Crippen LogP contribution is 2.26. The molecule has 0 saturated carbocycles. The highest BCUT2D eigenvalue weighted by Gasteiger charge is 2.20. The Balaban J connectivity index is 2.11. The van der Waals surface area contributed by atoms with Gasteiger partial charge in [-0.15, -0.1) is 10.2 Å². The van der Waals surface area contributed by atoms with Crippen molar-refractivity contribution in [2.24, 2.45) is 10.2 Å². The zero-order valence-corrected chi connectivity index (χ0v) is 14.8. The summed E-state index contributed by atoms with van der Waals surface area (Å²) in [7, 11) is 0. The molecule has 0 bridgehead atoms. The number of carbonyl (C=O) groups is 1. The van der Waals surface area contributed by atoms with E-state index < -0.39 is 5.97 Å². The number of azo groups is 1. The molecule has 2 heterocycles. The first kappa shape index (κ1) is 16.8. The molecular formula is C19H20N4O2. The van der Waals surface area contributed by atoms with Crippen molar-refractivity contribution in [1.29, 1.82) is 0 Å². The molecule has 25 heavy (non-hydrogen) atoms. The molecule has 6 heteroatoms. The van der Waals surface area contributed by atoms with Gasteiger partial charge in [-0.1, -0.05) is 12.1 Å². The van der Waals surface area contributed by atoms with Gasteiger partial charge >= 0.3 is 5.97 Å². The van der Waals surface area contributed by atoms with Crippen LogP contribution in [0.5, 0.6) is 0 Å². The average molecular weight is 336 g/mol. The van der Waals surface area contributed by atoms with Gasteiger partial charge in [-0.25, -0.2) is 9.78 Å². The molecule has 0 saturated heterocycles. The summed E-state index contributed by atoms with van der Waals surface area (Å²) >= 11 is 0. The number of rotatable bonds is 4. The van der Waals surface area contributed by atoms with Crippen molar-refractivity contribution < 1.29 is 9.53 Å². The van der Waals surface area contributed by atoms with E-state index >= 15 is 0 Å². The van der Waals surface area contributed by atoms with Crippen LogP contribution in [0, 0.1) is 20.8 Å². The van der Waals surface area contributed by atoms with Gasteiger partial charge in [0.2, 0.25) is 0 Å². The normalized spacial score (nSPS) is 11.4. The maximum absolute atomic E-state index is 12.2. The molecule has 0 fully saturated rings. The van der Waals surface area contributed by atoms with E-state index in [9.17, 15) is 4.79 Å². The molecule has 2 aromatic heterocycles. The second-order valence-corrected chi connectivity index (χ2v) is 5.99. The lowest BCUT2D eigenvalue weighted by Crippen LogP contribution is -2.05. The Morgan fingerprint density at radius 1 is 1.08 bits per heavy atom. The second-order valence-electron chi connectivity index (χ2n) is 5.99. The minimum atomic E-state index is -0.502. The third-order valence-corrected chi connectivity index (χ3v) is 3.68. The quantitative estimate of drug-likeness (QED) is 0.505. The number of esters is 1. The molecule has 128 valence electrons. The van der Waals surface area contributed by atoms with E-state index in [1.54, 1.807) is 11.3 Å². The van der Waals surface area contributed by atoms with Gasteiger partial charge in [0, 0.05) is 6.20 Å². The fourth-order valence-electron chi connectivity index (χ4n) is 2.68. The third kappa shape index (κ3) is 3.57. The molecule has 3 rings (SSSR count). The minimum Gasteiger partial charge on any atom is -0.461 e. The second kappa shape index (κ2) is 6.84. The van der Waals surface area contributed by atoms with Crippen LogP contribution < -0.4 is 0 Å². The SMILES string of the molecule is CCOC(=O)c1nc2ccc(C)cn2c1N=Nc1cc(C)cc(C)c1. The predicted octanol–water partition coefficient (Wildman–Crippen LogP) is 4.85. The van der Waals surface area contributed by atoms with E-state index in [4.69, 9.17) is 4.74 Å². The molecule has 6 nitrogen and oxygen atoms in total. The number of pyridine rings is 1. The number of hydrogen-bond donors (Lipinski definition) is 0. The first-order chi connectivity index (χ1) is 12.0. The van der Waals surface area contributed by atoms with Gasteiger partial charge in [0.25, 0.3) is 0 Å². The number of hydrogen-bond acceptors (Lipinski definition) is 5. The Labute approximate surface area is 146 Å². The molecule has 0 N–H and O–H groups in total. The van der Waals surface area contributed by atoms with Crippen molar-refractivity contribution in [3.63, 3.8) is 0 Å². The largest absolute Gasteiger partial charge is 0.461 e. The average Bonchev–Trinajstić information content (AvgIpc) is 2.90. The van der Waals surface area contributed by atoms with E-state index in [-0.39, 0.29) is 12.3 Å².